The first-order chi connectivity index (χ1) is 11.6. The number of ether oxygens (including phenoxy) is 4. The molecule has 0 bridgehead atoms. The molecule has 10 nitrogen and oxygen atoms in total. The van der Waals surface area contributed by atoms with Gasteiger partial charge in [-0.1, -0.05) is 0 Å². The fourth-order valence-electron chi connectivity index (χ4n) is 1.89. The molecule has 0 spiro atoms. The highest BCUT2D eigenvalue weighted by Crippen LogP contribution is 2.19. The van der Waals surface area contributed by atoms with Crippen molar-refractivity contribution < 1.29 is 52.4 Å². The summed E-state index contributed by atoms with van der Waals surface area (Å²) < 4.78 is 31.6. The third kappa shape index (κ3) is 8.74. The van der Waals surface area contributed by atoms with Crippen LogP contribution in [0.3, 0.4) is 0 Å². The van der Waals surface area contributed by atoms with Crippen LogP contribution in [-0.4, -0.2) is 61.2 Å². The average molecular weight is 366 g/mol. The van der Waals surface area contributed by atoms with E-state index in [0.29, 0.717) is 0 Å². The number of rotatable bonds is 10. The fraction of sp³-hybridized carbons (Fsp3) is 0.643. The third-order valence-corrected chi connectivity index (χ3v) is 2.60. The van der Waals surface area contributed by atoms with Crippen LogP contribution < -0.4 is 0 Å². The smallest absolute Gasteiger partial charge is 0.303 e. The molecule has 0 heterocycles. The van der Waals surface area contributed by atoms with Crippen molar-refractivity contribution in [3.8, 4) is 0 Å². The van der Waals surface area contributed by atoms with Crippen molar-refractivity contribution in [3.05, 3.63) is 0 Å². The minimum absolute atomic E-state index is 0.118. The van der Waals surface area contributed by atoms with Gasteiger partial charge in [-0.05, 0) is 4.53 Å². The molecule has 0 aromatic heterocycles. The first kappa shape index (κ1) is 22.4. The molecule has 4 atom stereocenters. The van der Waals surface area contributed by atoms with Gasteiger partial charge in [-0.15, -0.1) is 0 Å². The Morgan fingerprint density at radius 3 is 1.60 bits per heavy atom. The van der Waals surface area contributed by atoms with Gasteiger partial charge in [-0.3, -0.25) is 24.0 Å². The molecule has 0 aliphatic carbocycles. The maximum atomic E-state index is 12.3. The Morgan fingerprint density at radius 2 is 1.24 bits per heavy atom. The van der Waals surface area contributed by atoms with Crippen molar-refractivity contribution in [3.63, 3.8) is 0 Å². The van der Waals surface area contributed by atoms with E-state index in [0.717, 1.165) is 27.7 Å². The molecule has 0 saturated heterocycles. The minimum atomic E-state index is -1.71. The van der Waals surface area contributed by atoms with E-state index in [4.69, 9.17) is 18.9 Å². The van der Waals surface area contributed by atoms with Gasteiger partial charge in [0, 0.05) is 27.7 Å². The molecule has 0 fully saturated rings. The number of carbonyl (C=O) groups is 5. The van der Waals surface area contributed by atoms with Gasteiger partial charge >= 0.3 is 23.9 Å². The number of carbonyl (C=O) groups excluding carboxylic acids is 5. The molecule has 0 N–H and O–H groups in total. The molecule has 0 aromatic rings. The van der Waals surface area contributed by atoms with Gasteiger partial charge in [0.05, 0.1) is 0 Å². The van der Waals surface area contributed by atoms with Crippen LogP contribution in [0.4, 0.5) is 4.53 Å². The van der Waals surface area contributed by atoms with E-state index >= 15 is 0 Å². The Morgan fingerprint density at radius 1 is 0.800 bits per heavy atom. The van der Waals surface area contributed by atoms with Crippen molar-refractivity contribution in [1.82, 2.24) is 0 Å². The molecule has 142 valence electrons. The summed E-state index contributed by atoms with van der Waals surface area (Å²) in [5.41, 5.74) is 0. The lowest BCUT2D eigenvalue weighted by Crippen LogP contribution is -2.53. The predicted octanol–water partition coefficient (Wildman–Crippen LogP) is -0.187. The molecule has 0 unspecified atom stereocenters. The summed E-state index contributed by atoms with van der Waals surface area (Å²) >= 11 is 0. The molecule has 0 amide bonds. The van der Waals surface area contributed by atoms with E-state index in [1.54, 1.807) is 0 Å². The van der Waals surface area contributed by atoms with Crippen molar-refractivity contribution >= 4 is 30.2 Å². The van der Waals surface area contributed by atoms with Gasteiger partial charge < -0.3 is 18.9 Å². The maximum Gasteiger partial charge on any atom is 0.303 e. The lowest BCUT2D eigenvalue weighted by atomic mass is 10.0. The lowest BCUT2D eigenvalue weighted by molar-refractivity contribution is -0.218. The summed E-state index contributed by atoms with van der Waals surface area (Å²) in [5.74, 6) is -3.65. The number of hydrogen-bond acceptors (Lipinski definition) is 10. The van der Waals surface area contributed by atoms with E-state index in [2.05, 4.69) is 4.94 Å². The summed E-state index contributed by atoms with van der Waals surface area (Å²) in [5, 5.41) is 0. The summed E-state index contributed by atoms with van der Waals surface area (Å²) in [6.45, 7) is 3.01. The van der Waals surface area contributed by atoms with Crippen LogP contribution >= 0.6 is 0 Å². The highest BCUT2D eigenvalue weighted by molar-refractivity contribution is 5.72. The predicted molar refractivity (Wildman–Crippen MR) is 75.3 cm³/mol. The van der Waals surface area contributed by atoms with Crippen molar-refractivity contribution in [1.29, 1.82) is 0 Å². The van der Waals surface area contributed by atoms with Gasteiger partial charge in [0.2, 0.25) is 0 Å². The van der Waals surface area contributed by atoms with Crippen molar-refractivity contribution in [2.45, 2.75) is 52.1 Å². The summed E-state index contributed by atoms with van der Waals surface area (Å²) in [6.07, 6.45) is -6.57. The second-order valence-corrected chi connectivity index (χ2v) is 4.78. The molecule has 0 aromatic carbocycles. The van der Waals surface area contributed by atoms with E-state index in [1.165, 1.54) is 0 Å². The highest BCUT2D eigenvalue weighted by atomic mass is 19.3. The average Bonchev–Trinajstić information content (AvgIpc) is 2.47. The number of halogens is 1. The van der Waals surface area contributed by atoms with Crippen LogP contribution in [0, 0.1) is 0 Å². The Labute approximate surface area is 142 Å². The molecular formula is C14H19FO10. The van der Waals surface area contributed by atoms with Crippen LogP contribution in [0.5, 0.6) is 0 Å². The van der Waals surface area contributed by atoms with Crippen LogP contribution in [-0.2, 0) is 47.9 Å². The Kier molecular flexibility index (Phi) is 9.94. The van der Waals surface area contributed by atoms with Crippen molar-refractivity contribution in [2.24, 2.45) is 0 Å². The van der Waals surface area contributed by atoms with Gasteiger partial charge in [0.25, 0.3) is 0 Å². The monoisotopic (exact) mass is 366 g/mol. The lowest BCUT2D eigenvalue weighted by Gasteiger charge is -2.33. The molecule has 0 aliphatic heterocycles. The number of hydrogen-bond donors (Lipinski definition) is 0. The second kappa shape index (κ2) is 11.1. The first-order valence-corrected chi connectivity index (χ1v) is 7.00. The molecule has 11 heteroatoms. The summed E-state index contributed by atoms with van der Waals surface area (Å²) in [6, 6.07) is 0. The summed E-state index contributed by atoms with van der Waals surface area (Å²) in [4.78, 5) is 59.6. The largest absolute Gasteiger partial charge is 0.456 e. The van der Waals surface area contributed by atoms with Crippen LogP contribution in [0.2, 0.25) is 0 Å². The molecule has 0 saturated carbocycles. The van der Waals surface area contributed by atoms with E-state index in [1.807, 2.05) is 0 Å². The number of aldehydes is 1. The van der Waals surface area contributed by atoms with E-state index in [9.17, 15) is 28.5 Å². The minimum Gasteiger partial charge on any atom is -0.456 e. The third-order valence-electron chi connectivity index (χ3n) is 2.60. The molecule has 25 heavy (non-hydrogen) atoms. The second-order valence-electron chi connectivity index (χ2n) is 4.78. The molecule has 0 rings (SSSR count). The first-order valence-electron chi connectivity index (χ1n) is 7.00. The molecule has 0 aliphatic rings. The Bertz CT molecular complexity index is 506. The Hall–Kier alpha value is -2.56. The molecule has 0 radical (unpaired) electrons. The van der Waals surface area contributed by atoms with Crippen molar-refractivity contribution in [2.75, 3.05) is 6.61 Å². The van der Waals surface area contributed by atoms with Gasteiger partial charge in [0.15, 0.2) is 30.7 Å². The quantitative estimate of drug-likeness (QED) is 0.291. The number of esters is 4. The van der Waals surface area contributed by atoms with E-state index < -0.39 is 54.9 Å². The summed E-state index contributed by atoms with van der Waals surface area (Å²) in [7, 11) is 0. The van der Waals surface area contributed by atoms with Crippen LogP contribution in [0.25, 0.3) is 0 Å². The molecular weight excluding hydrogens is 347 g/mol. The SMILES string of the molecule is CC(=O)O[C@@H]([C@H](OC(C)=O)[C@@H](COF)OC(C)=O)[C@H](C=O)OC(C)=O. The van der Waals surface area contributed by atoms with Crippen LogP contribution in [0.15, 0.2) is 0 Å². The topological polar surface area (TPSA) is 132 Å². The normalized spacial score (nSPS) is 15.1. The zero-order valence-corrected chi connectivity index (χ0v) is 14.1. The van der Waals surface area contributed by atoms with Gasteiger partial charge in [-0.2, -0.15) is 4.94 Å². The zero-order valence-electron chi connectivity index (χ0n) is 14.1. The standard InChI is InChI=1S/C14H19FO10/c1-7(17)22-11(5-16)13(24-9(3)19)14(25-10(4)20)12(6-21-15)23-8(2)18/h5,11-14H,6H2,1-4H3/t11-,12+,13+,14+/m0/s1. The maximum absolute atomic E-state index is 12.3. The van der Waals surface area contributed by atoms with Crippen LogP contribution in [0.1, 0.15) is 27.7 Å². The van der Waals surface area contributed by atoms with Gasteiger partial charge in [0.1, 0.15) is 6.61 Å². The fourth-order valence-corrected chi connectivity index (χ4v) is 1.89. The van der Waals surface area contributed by atoms with E-state index in [-0.39, 0.29) is 6.29 Å². The zero-order chi connectivity index (χ0) is 19.6. The Balaban J connectivity index is 5.88. The van der Waals surface area contributed by atoms with Gasteiger partial charge in [-0.25, -0.2) is 0 Å². The highest BCUT2D eigenvalue weighted by Gasteiger charge is 2.43.